The van der Waals surface area contributed by atoms with E-state index in [0.29, 0.717) is 13.0 Å². The fourth-order valence-electron chi connectivity index (χ4n) is 3.34. The minimum atomic E-state index is -0.740. The van der Waals surface area contributed by atoms with Crippen LogP contribution in [-0.4, -0.2) is 46.5 Å². The van der Waals surface area contributed by atoms with Gasteiger partial charge < -0.3 is 14.4 Å². The Morgan fingerprint density at radius 2 is 2.13 bits per heavy atom. The third-order valence-corrected chi connectivity index (χ3v) is 5.14. The van der Waals surface area contributed by atoms with Crippen molar-refractivity contribution in [2.24, 2.45) is 4.99 Å². The number of aliphatic carboxylic acids is 1. The van der Waals surface area contributed by atoms with Gasteiger partial charge in [0.2, 0.25) is 5.89 Å². The molecule has 7 nitrogen and oxygen atoms in total. The van der Waals surface area contributed by atoms with Crippen molar-refractivity contribution in [3.63, 3.8) is 0 Å². The van der Waals surface area contributed by atoms with Gasteiger partial charge in [0.25, 0.3) is 0 Å². The number of hydrogen-bond acceptors (Lipinski definition) is 6. The van der Waals surface area contributed by atoms with E-state index in [1.54, 1.807) is 0 Å². The largest absolute Gasteiger partial charge is 0.481 e. The van der Waals surface area contributed by atoms with Crippen LogP contribution in [0.5, 0.6) is 0 Å². The number of nitrogens with zero attached hydrogens (tertiary/aromatic N) is 3. The summed E-state index contributed by atoms with van der Waals surface area (Å²) < 4.78 is 5.96. The van der Waals surface area contributed by atoms with E-state index in [1.165, 1.54) is 0 Å². The molecule has 0 amide bonds. The lowest BCUT2D eigenvalue weighted by Gasteiger charge is -2.36. The number of unbranched alkanes of at least 4 members (excludes halogenated alkanes) is 1. The average molecular weight is 414 g/mol. The Labute approximate surface area is 177 Å². The zero-order chi connectivity index (χ0) is 21.3. The predicted molar refractivity (Wildman–Crippen MR) is 116 cm³/mol. The number of aliphatic imine (C=N–C) groups is 1. The second-order valence-electron chi connectivity index (χ2n) is 7.80. The number of fused-ring (bicyclic) bond motifs is 1. The molecule has 1 aliphatic carbocycles. The van der Waals surface area contributed by atoms with Crippen LogP contribution in [0.2, 0.25) is 0 Å². The summed E-state index contributed by atoms with van der Waals surface area (Å²) in [6.45, 7) is 5.99. The summed E-state index contributed by atoms with van der Waals surface area (Å²) >= 11 is 0. The first-order valence-corrected chi connectivity index (χ1v) is 10.7. The van der Waals surface area contributed by atoms with Crippen molar-refractivity contribution in [2.45, 2.75) is 58.3 Å². The average Bonchev–Trinajstić information content (AvgIpc) is 3.02. The van der Waals surface area contributed by atoms with Gasteiger partial charge in [-0.05, 0) is 64.2 Å². The molecule has 1 saturated heterocycles. The van der Waals surface area contributed by atoms with Gasteiger partial charge in [-0.2, -0.15) is 0 Å². The summed E-state index contributed by atoms with van der Waals surface area (Å²) in [7, 11) is 0. The molecule has 1 aromatic heterocycles. The smallest absolute Gasteiger partial charge is 0.303 e. The monoisotopic (exact) mass is 413 g/mol. The molecule has 162 valence electrons. The Morgan fingerprint density at radius 3 is 2.93 bits per heavy atom. The number of rotatable bonds is 10. The van der Waals surface area contributed by atoms with Crippen molar-refractivity contribution >= 4 is 23.8 Å². The van der Waals surface area contributed by atoms with Crippen molar-refractivity contribution < 1.29 is 19.2 Å². The van der Waals surface area contributed by atoms with Crippen molar-refractivity contribution in [2.75, 3.05) is 19.6 Å². The topological polar surface area (TPSA) is 88.2 Å². The molecule has 1 aromatic rings. The molecule has 0 aromatic carbocycles. The summed E-state index contributed by atoms with van der Waals surface area (Å²) in [4.78, 5) is 25.5. The van der Waals surface area contributed by atoms with Crippen LogP contribution in [0.15, 0.2) is 33.4 Å². The molecule has 0 radical (unpaired) electrons. The lowest BCUT2D eigenvalue weighted by atomic mass is 10.0. The lowest BCUT2D eigenvalue weighted by Crippen LogP contribution is -2.44. The van der Waals surface area contributed by atoms with Crippen LogP contribution in [0.3, 0.4) is 0 Å². The highest BCUT2D eigenvalue weighted by Crippen LogP contribution is 2.25. The number of aromatic nitrogens is 1. The number of carbonyl (C=O) groups is 1. The van der Waals surface area contributed by atoms with E-state index in [-0.39, 0.29) is 12.3 Å². The van der Waals surface area contributed by atoms with Crippen LogP contribution in [0.4, 0.5) is 0 Å². The maximum absolute atomic E-state index is 10.5. The van der Waals surface area contributed by atoms with Gasteiger partial charge in [0.1, 0.15) is 11.1 Å². The number of hydrogen-bond donors (Lipinski definition) is 1. The zero-order valence-electron chi connectivity index (χ0n) is 17.8. The molecule has 0 atom stereocenters. The molecule has 0 spiro atoms. The van der Waals surface area contributed by atoms with Crippen LogP contribution in [-0.2, 0) is 9.63 Å². The lowest BCUT2D eigenvalue weighted by molar-refractivity contribution is -0.174. The molecule has 1 fully saturated rings. The molecular weight excluding hydrogens is 382 g/mol. The second kappa shape index (κ2) is 10.9. The Kier molecular flexibility index (Phi) is 8.02. The SMILES string of the molecule is CC(CCCCC(=O)O)=NC/C=C(\C)ON1CC(c2nc3/c(o2)=C\CC/C=C\C=3)C1. The molecule has 3 rings (SSSR count). The summed E-state index contributed by atoms with van der Waals surface area (Å²) in [5.41, 5.74) is 1.91. The fraction of sp³-hybridized carbons (Fsp3) is 0.522. The third kappa shape index (κ3) is 6.69. The molecule has 0 unspecified atom stereocenters. The van der Waals surface area contributed by atoms with Gasteiger partial charge >= 0.3 is 5.97 Å². The van der Waals surface area contributed by atoms with E-state index in [4.69, 9.17) is 14.4 Å². The van der Waals surface area contributed by atoms with Crippen molar-refractivity contribution in [3.05, 3.63) is 40.6 Å². The van der Waals surface area contributed by atoms with Gasteiger partial charge in [0.05, 0.1) is 12.5 Å². The first-order chi connectivity index (χ1) is 14.5. The Morgan fingerprint density at radius 1 is 1.33 bits per heavy atom. The highest BCUT2D eigenvalue weighted by atomic mass is 16.7. The maximum atomic E-state index is 10.5. The van der Waals surface area contributed by atoms with Gasteiger partial charge in [0, 0.05) is 25.2 Å². The molecular formula is C23H31N3O4. The van der Waals surface area contributed by atoms with Gasteiger partial charge in [0.15, 0.2) is 5.42 Å². The molecule has 7 heteroatoms. The minimum Gasteiger partial charge on any atom is -0.481 e. The standard InChI is InChI=1S/C23H31N3O4/c1-17(9-7-8-12-22(27)28)24-14-13-18(2)30-26-15-19(16-26)23-25-20-10-5-3-4-6-11-21(20)29-23/h3,5,10-11,13,19H,4,6-9,12,14-16H2,1-2H3,(H,27,28)/b5-3-,18-13+,20-10+,21-11+,24-17?. The molecule has 2 aliphatic rings. The zero-order valence-corrected chi connectivity index (χ0v) is 17.8. The summed E-state index contributed by atoms with van der Waals surface area (Å²) in [5.74, 6) is 1.12. The maximum Gasteiger partial charge on any atom is 0.303 e. The quantitative estimate of drug-likeness (QED) is 0.360. The first kappa shape index (κ1) is 22.0. The Hall–Kier alpha value is -2.67. The summed E-state index contributed by atoms with van der Waals surface area (Å²) in [6.07, 6.45) is 14.9. The molecule has 1 N–H and O–H groups in total. The van der Waals surface area contributed by atoms with Crippen LogP contribution >= 0.6 is 0 Å². The summed E-state index contributed by atoms with van der Waals surface area (Å²) in [6, 6.07) is 0. The van der Waals surface area contributed by atoms with Crippen LogP contribution < -0.4 is 10.8 Å². The van der Waals surface area contributed by atoms with Gasteiger partial charge in [-0.1, -0.05) is 12.2 Å². The Balaban J connectivity index is 1.40. The minimum absolute atomic E-state index is 0.223. The normalized spacial score (nSPS) is 21.3. The van der Waals surface area contributed by atoms with Gasteiger partial charge in [-0.25, -0.2) is 4.98 Å². The molecule has 0 saturated carbocycles. The predicted octanol–water partition coefficient (Wildman–Crippen LogP) is 2.93. The van der Waals surface area contributed by atoms with Gasteiger partial charge in [-0.3, -0.25) is 9.79 Å². The number of oxazole rings is 1. The third-order valence-electron chi connectivity index (χ3n) is 5.14. The number of carboxylic acids is 1. The number of hydroxylamine groups is 2. The summed E-state index contributed by atoms with van der Waals surface area (Å²) in [5, 5.41) is 11.5. The number of allylic oxidation sites excluding steroid dienone is 3. The van der Waals surface area contributed by atoms with E-state index in [2.05, 4.69) is 22.1 Å². The molecule has 30 heavy (non-hydrogen) atoms. The van der Waals surface area contributed by atoms with Crippen molar-refractivity contribution in [3.8, 4) is 0 Å². The highest BCUT2D eigenvalue weighted by Gasteiger charge is 2.33. The van der Waals surface area contributed by atoms with Gasteiger partial charge in [-0.15, -0.1) is 5.06 Å². The van der Waals surface area contributed by atoms with Crippen LogP contribution in [0, 0.1) is 0 Å². The fourth-order valence-corrected chi connectivity index (χ4v) is 3.34. The van der Waals surface area contributed by atoms with Crippen molar-refractivity contribution in [1.29, 1.82) is 0 Å². The second-order valence-corrected chi connectivity index (χ2v) is 7.80. The van der Waals surface area contributed by atoms with E-state index in [9.17, 15) is 4.79 Å². The van der Waals surface area contributed by atoms with Crippen LogP contribution in [0.1, 0.15) is 64.2 Å². The Bertz CT molecular complexity index is 936. The first-order valence-electron chi connectivity index (χ1n) is 10.7. The molecule has 1 aliphatic heterocycles. The van der Waals surface area contributed by atoms with E-state index in [0.717, 1.165) is 66.9 Å². The molecule has 0 bridgehead atoms. The van der Waals surface area contributed by atoms with Crippen molar-refractivity contribution in [1.82, 2.24) is 10.0 Å². The van der Waals surface area contributed by atoms with Crippen LogP contribution in [0.25, 0.3) is 12.2 Å². The highest BCUT2D eigenvalue weighted by molar-refractivity contribution is 5.81. The van der Waals surface area contributed by atoms with E-state index in [1.807, 2.05) is 37.1 Å². The molecule has 2 heterocycles. The number of carboxylic acid groups (broad SMARTS) is 1. The van der Waals surface area contributed by atoms with E-state index < -0.39 is 5.97 Å². The van der Waals surface area contributed by atoms with E-state index >= 15 is 0 Å².